The molecule has 0 aliphatic carbocycles. The third-order valence-corrected chi connectivity index (χ3v) is 3.05. The van der Waals surface area contributed by atoms with Crippen LogP contribution in [0.3, 0.4) is 0 Å². The highest BCUT2D eigenvalue weighted by Crippen LogP contribution is 2.27. The number of rotatable bonds is 2. The van der Waals surface area contributed by atoms with E-state index < -0.39 is 11.6 Å². The van der Waals surface area contributed by atoms with E-state index in [4.69, 9.17) is 5.11 Å². The lowest BCUT2D eigenvalue weighted by molar-refractivity contribution is 0.0690. The molecule has 1 rings (SSSR count). The lowest BCUT2D eigenvalue weighted by Crippen LogP contribution is -2.18. The Balaban J connectivity index is 3.35. The zero-order valence-corrected chi connectivity index (χ0v) is 10.1. The van der Waals surface area contributed by atoms with E-state index in [1.807, 2.05) is 22.6 Å². The summed E-state index contributed by atoms with van der Waals surface area (Å²) in [6.45, 7) is 3.27. The Labute approximate surface area is 95.9 Å². The van der Waals surface area contributed by atoms with Crippen molar-refractivity contribution in [3.8, 4) is 0 Å². The molecule has 0 aliphatic rings. The van der Waals surface area contributed by atoms with Crippen LogP contribution in [0.1, 0.15) is 29.8 Å². The Morgan fingerprint density at radius 2 is 2.00 bits per heavy atom. The van der Waals surface area contributed by atoms with Crippen molar-refractivity contribution < 1.29 is 15.0 Å². The summed E-state index contributed by atoms with van der Waals surface area (Å²) < 4.78 is 0.588. The fraction of sp³-hybridized carbons (Fsp3) is 0.300. The molecular formula is C10H11IO3. The third kappa shape index (κ3) is 2.24. The van der Waals surface area contributed by atoms with Gasteiger partial charge in [-0.15, -0.1) is 0 Å². The quantitative estimate of drug-likeness (QED) is 0.824. The summed E-state index contributed by atoms with van der Waals surface area (Å²) in [5, 5.41) is 18.6. The lowest BCUT2D eigenvalue weighted by Gasteiger charge is -2.20. The van der Waals surface area contributed by atoms with E-state index in [-0.39, 0.29) is 5.56 Å². The lowest BCUT2D eigenvalue weighted by atomic mass is 9.97. The first kappa shape index (κ1) is 11.5. The molecule has 0 atom stereocenters. The summed E-state index contributed by atoms with van der Waals surface area (Å²) in [5.41, 5.74) is -0.148. The number of carboxylic acid groups (broad SMARTS) is 1. The van der Waals surface area contributed by atoms with Gasteiger partial charge in [-0.05, 0) is 48.1 Å². The van der Waals surface area contributed by atoms with Crippen LogP contribution in [-0.4, -0.2) is 16.2 Å². The van der Waals surface area contributed by atoms with Crippen LogP contribution in [0.4, 0.5) is 0 Å². The summed E-state index contributed by atoms with van der Waals surface area (Å²) >= 11 is 1.94. The molecule has 0 aliphatic heterocycles. The van der Waals surface area contributed by atoms with Gasteiger partial charge in [-0.3, -0.25) is 0 Å². The van der Waals surface area contributed by atoms with Crippen molar-refractivity contribution in [3.05, 3.63) is 32.9 Å². The van der Waals surface area contributed by atoms with Crippen LogP contribution in [0.15, 0.2) is 18.2 Å². The van der Waals surface area contributed by atoms with Crippen molar-refractivity contribution in [2.24, 2.45) is 0 Å². The number of benzene rings is 1. The molecule has 0 heterocycles. The zero-order chi connectivity index (χ0) is 10.9. The molecule has 0 aromatic heterocycles. The summed E-state index contributed by atoms with van der Waals surface area (Å²) in [6, 6.07) is 4.90. The molecular weight excluding hydrogens is 295 g/mol. The highest BCUT2D eigenvalue weighted by molar-refractivity contribution is 14.1. The van der Waals surface area contributed by atoms with E-state index >= 15 is 0 Å². The van der Waals surface area contributed by atoms with Gasteiger partial charge in [0.1, 0.15) is 0 Å². The minimum atomic E-state index is -1.01. The third-order valence-electron chi connectivity index (χ3n) is 1.89. The van der Waals surface area contributed by atoms with Crippen molar-refractivity contribution in [1.82, 2.24) is 0 Å². The van der Waals surface area contributed by atoms with E-state index in [1.54, 1.807) is 26.0 Å². The van der Waals surface area contributed by atoms with Crippen molar-refractivity contribution in [1.29, 1.82) is 0 Å². The van der Waals surface area contributed by atoms with Gasteiger partial charge >= 0.3 is 5.97 Å². The summed E-state index contributed by atoms with van der Waals surface area (Å²) in [6.07, 6.45) is 0. The van der Waals surface area contributed by atoms with Crippen LogP contribution >= 0.6 is 22.6 Å². The van der Waals surface area contributed by atoms with Gasteiger partial charge in [0.2, 0.25) is 0 Å². The van der Waals surface area contributed by atoms with Crippen molar-refractivity contribution in [2.45, 2.75) is 19.4 Å². The largest absolute Gasteiger partial charge is 0.478 e. The standard InChI is InChI=1S/C10H11IO3/c1-10(2,14)7-5-3-4-6(8(7)11)9(12)13/h3-5,14H,1-2H3,(H,12,13). The van der Waals surface area contributed by atoms with Crippen molar-refractivity contribution >= 4 is 28.6 Å². The number of halogens is 1. The van der Waals surface area contributed by atoms with E-state index in [0.29, 0.717) is 9.13 Å². The van der Waals surface area contributed by atoms with Crippen LogP contribution in [0, 0.1) is 3.57 Å². The highest BCUT2D eigenvalue weighted by Gasteiger charge is 2.22. The smallest absolute Gasteiger partial charge is 0.336 e. The monoisotopic (exact) mass is 306 g/mol. The number of hydrogen-bond donors (Lipinski definition) is 2. The van der Waals surface area contributed by atoms with Gasteiger partial charge < -0.3 is 10.2 Å². The number of hydrogen-bond acceptors (Lipinski definition) is 2. The van der Waals surface area contributed by atoms with Crippen LogP contribution in [0.2, 0.25) is 0 Å². The highest BCUT2D eigenvalue weighted by atomic mass is 127. The summed E-state index contributed by atoms with van der Waals surface area (Å²) in [4.78, 5) is 10.8. The first-order valence-corrected chi connectivity index (χ1v) is 5.16. The summed E-state index contributed by atoms with van der Waals surface area (Å²) in [7, 11) is 0. The van der Waals surface area contributed by atoms with Gasteiger partial charge in [-0.25, -0.2) is 4.79 Å². The fourth-order valence-corrected chi connectivity index (χ4v) is 2.42. The molecule has 76 valence electrons. The molecule has 3 nitrogen and oxygen atoms in total. The topological polar surface area (TPSA) is 57.5 Å². The minimum absolute atomic E-state index is 0.227. The molecule has 2 N–H and O–H groups in total. The molecule has 0 saturated carbocycles. The van der Waals surface area contributed by atoms with Crippen LogP contribution in [0.5, 0.6) is 0 Å². The molecule has 14 heavy (non-hydrogen) atoms. The van der Waals surface area contributed by atoms with Crippen molar-refractivity contribution in [2.75, 3.05) is 0 Å². The van der Waals surface area contributed by atoms with Gasteiger partial charge in [-0.1, -0.05) is 12.1 Å². The molecule has 0 radical (unpaired) electrons. The Morgan fingerprint density at radius 3 is 2.43 bits per heavy atom. The predicted molar refractivity (Wildman–Crippen MR) is 61.4 cm³/mol. The molecule has 0 spiro atoms. The maximum Gasteiger partial charge on any atom is 0.336 e. The first-order valence-electron chi connectivity index (χ1n) is 4.08. The SMILES string of the molecule is CC(C)(O)c1cccc(C(=O)O)c1I. The molecule has 1 aromatic rings. The molecule has 0 amide bonds. The van der Waals surface area contributed by atoms with Crippen LogP contribution < -0.4 is 0 Å². The molecule has 0 unspecified atom stereocenters. The van der Waals surface area contributed by atoms with E-state index in [2.05, 4.69) is 0 Å². The normalized spacial score (nSPS) is 11.4. The van der Waals surface area contributed by atoms with Gasteiger partial charge in [0.15, 0.2) is 0 Å². The predicted octanol–water partition coefficient (Wildman–Crippen LogP) is 2.22. The van der Waals surface area contributed by atoms with E-state index in [1.165, 1.54) is 6.07 Å². The molecule has 4 heteroatoms. The second kappa shape index (κ2) is 3.86. The Kier molecular flexibility index (Phi) is 3.16. The van der Waals surface area contributed by atoms with Crippen LogP contribution in [0.25, 0.3) is 0 Å². The first-order chi connectivity index (χ1) is 6.34. The van der Waals surface area contributed by atoms with E-state index in [9.17, 15) is 9.90 Å². The number of aromatic carboxylic acids is 1. The van der Waals surface area contributed by atoms with Gasteiger partial charge in [0, 0.05) is 3.57 Å². The zero-order valence-electron chi connectivity index (χ0n) is 7.91. The average molecular weight is 306 g/mol. The van der Waals surface area contributed by atoms with Crippen molar-refractivity contribution in [3.63, 3.8) is 0 Å². The van der Waals surface area contributed by atoms with E-state index in [0.717, 1.165) is 0 Å². The molecule has 0 saturated heterocycles. The number of carbonyl (C=O) groups is 1. The molecule has 0 bridgehead atoms. The van der Waals surface area contributed by atoms with Crippen LogP contribution in [-0.2, 0) is 5.60 Å². The Bertz CT molecular complexity index is 366. The molecule has 1 aromatic carbocycles. The maximum absolute atomic E-state index is 10.8. The average Bonchev–Trinajstić information content (AvgIpc) is 2.01. The maximum atomic E-state index is 10.8. The molecule has 0 fully saturated rings. The Morgan fingerprint density at radius 1 is 1.43 bits per heavy atom. The fourth-order valence-electron chi connectivity index (χ4n) is 1.17. The number of carboxylic acids is 1. The van der Waals surface area contributed by atoms with Gasteiger partial charge in [0.25, 0.3) is 0 Å². The van der Waals surface area contributed by atoms with Gasteiger partial charge in [0.05, 0.1) is 11.2 Å². The minimum Gasteiger partial charge on any atom is -0.478 e. The van der Waals surface area contributed by atoms with Gasteiger partial charge in [-0.2, -0.15) is 0 Å². The second-order valence-corrected chi connectivity index (χ2v) is 4.61. The number of aliphatic hydroxyl groups is 1. The second-order valence-electron chi connectivity index (χ2n) is 3.53. The Hall–Kier alpha value is -0.620. The summed E-state index contributed by atoms with van der Waals surface area (Å²) in [5.74, 6) is -0.972.